The number of carbonyl (C=O) groups excluding carboxylic acids is 1. The van der Waals surface area contributed by atoms with E-state index in [4.69, 9.17) is 0 Å². The molecule has 2 aromatic heterocycles. The first-order valence-corrected chi connectivity index (χ1v) is 7.83. The van der Waals surface area contributed by atoms with Crippen LogP contribution in [0.2, 0.25) is 0 Å². The second-order valence-corrected chi connectivity index (χ2v) is 6.43. The number of piperidine rings is 1. The molecule has 0 bridgehead atoms. The van der Waals surface area contributed by atoms with Crippen molar-refractivity contribution in [3.63, 3.8) is 0 Å². The summed E-state index contributed by atoms with van der Waals surface area (Å²) in [5, 5.41) is 0. The van der Waals surface area contributed by atoms with Gasteiger partial charge in [-0.1, -0.05) is 19.9 Å². The van der Waals surface area contributed by atoms with Gasteiger partial charge in [-0.05, 0) is 44.0 Å². The molecule has 3 rings (SSSR count). The number of carbonyl (C=O) groups is 1. The van der Waals surface area contributed by atoms with Crippen LogP contribution in [-0.4, -0.2) is 39.7 Å². The van der Waals surface area contributed by atoms with Crippen LogP contribution in [0.3, 0.4) is 0 Å². The summed E-state index contributed by atoms with van der Waals surface area (Å²) in [7, 11) is 0. The van der Waals surface area contributed by atoms with Crippen molar-refractivity contribution in [3.05, 3.63) is 36.4 Å². The van der Waals surface area contributed by atoms with Gasteiger partial charge in [-0.3, -0.25) is 9.20 Å². The summed E-state index contributed by atoms with van der Waals surface area (Å²) < 4.78 is 1.91. The second kappa shape index (κ2) is 5.98. The summed E-state index contributed by atoms with van der Waals surface area (Å²) in [6.45, 7) is 7.70. The number of likely N-dealkylation sites (tertiary alicyclic amines) is 1. The van der Waals surface area contributed by atoms with E-state index in [0.29, 0.717) is 5.92 Å². The maximum absolute atomic E-state index is 12.8. The van der Waals surface area contributed by atoms with Crippen LogP contribution in [0.1, 0.15) is 37.2 Å². The highest BCUT2D eigenvalue weighted by atomic mass is 16.1. The smallest absolute Gasteiger partial charge is 0.182 e. The summed E-state index contributed by atoms with van der Waals surface area (Å²) in [6, 6.07) is 5.84. The molecule has 0 spiro atoms. The van der Waals surface area contributed by atoms with Crippen LogP contribution < -0.4 is 0 Å². The van der Waals surface area contributed by atoms with Crippen LogP contribution >= 0.6 is 0 Å². The number of pyridine rings is 1. The molecule has 112 valence electrons. The average Bonchev–Trinajstić information content (AvgIpc) is 2.95. The molecule has 1 aliphatic rings. The van der Waals surface area contributed by atoms with Gasteiger partial charge in [-0.15, -0.1) is 0 Å². The predicted molar refractivity (Wildman–Crippen MR) is 83.5 cm³/mol. The van der Waals surface area contributed by atoms with Gasteiger partial charge in [0.1, 0.15) is 0 Å². The number of hydrogen-bond donors (Lipinski definition) is 0. The van der Waals surface area contributed by atoms with Crippen molar-refractivity contribution in [3.8, 4) is 0 Å². The Morgan fingerprint density at radius 1 is 1.33 bits per heavy atom. The molecule has 0 saturated carbocycles. The number of Topliss-reactive ketones (excluding diaryl/α,β-unsaturated/α-hetero) is 1. The summed E-state index contributed by atoms with van der Waals surface area (Å²) in [6.07, 6.45) is 5.46. The van der Waals surface area contributed by atoms with E-state index in [1.165, 1.54) is 0 Å². The van der Waals surface area contributed by atoms with Crippen molar-refractivity contribution in [1.82, 2.24) is 14.3 Å². The number of fused-ring (bicyclic) bond motifs is 1. The fraction of sp³-hybridized carbons (Fsp3) is 0.529. The van der Waals surface area contributed by atoms with Crippen LogP contribution in [0.5, 0.6) is 0 Å². The number of ketones is 1. The van der Waals surface area contributed by atoms with Crippen LogP contribution in [0.25, 0.3) is 5.52 Å². The monoisotopic (exact) mass is 285 g/mol. The number of imidazole rings is 1. The van der Waals surface area contributed by atoms with Crippen LogP contribution in [0, 0.1) is 11.8 Å². The van der Waals surface area contributed by atoms with E-state index in [0.717, 1.165) is 43.7 Å². The largest absolute Gasteiger partial charge is 0.303 e. The quantitative estimate of drug-likeness (QED) is 0.811. The predicted octanol–water partition coefficient (Wildman–Crippen LogP) is 2.89. The third kappa shape index (κ3) is 3.00. The van der Waals surface area contributed by atoms with Gasteiger partial charge in [0.25, 0.3) is 0 Å². The molecule has 1 saturated heterocycles. The lowest BCUT2D eigenvalue weighted by Crippen LogP contribution is -2.38. The van der Waals surface area contributed by atoms with Crippen LogP contribution in [0.15, 0.2) is 30.7 Å². The molecular formula is C17H23N3O. The third-order valence-electron chi connectivity index (χ3n) is 4.28. The molecule has 4 heteroatoms. The van der Waals surface area contributed by atoms with E-state index in [2.05, 4.69) is 23.7 Å². The molecule has 1 aliphatic heterocycles. The molecule has 4 nitrogen and oxygen atoms in total. The van der Waals surface area contributed by atoms with Crippen molar-refractivity contribution in [2.75, 3.05) is 19.6 Å². The van der Waals surface area contributed by atoms with Crippen molar-refractivity contribution in [1.29, 1.82) is 0 Å². The van der Waals surface area contributed by atoms with E-state index in [9.17, 15) is 4.79 Å². The fourth-order valence-electron chi connectivity index (χ4n) is 3.25. The van der Waals surface area contributed by atoms with Gasteiger partial charge < -0.3 is 4.90 Å². The Morgan fingerprint density at radius 2 is 2.10 bits per heavy atom. The van der Waals surface area contributed by atoms with Gasteiger partial charge in [0.15, 0.2) is 5.78 Å². The van der Waals surface area contributed by atoms with Gasteiger partial charge in [0, 0.05) is 12.5 Å². The SMILES string of the molecule is CC(C)CN1CCC(C(=O)c2cccc3cncn23)CC1. The Morgan fingerprint density at radius 3 is 2.81 bits per heavy atom. The van der Waals surface area contributed by atoms with Gasteiger partial charge >= 0.3 is 0 Å². The first-order valence-electron chi connectivity index (χ1n) is 7.83. The molecule has 0 N–H and O–H groups in total. The molecule has 0 amide bonds. The summed E-state index contributed by atoms with van der Waals surface area (Å²) in [5.74, 6) is 1.11. The zero-order valence-electron chi connectivity index (χ0n) is 12.8. The molecule has 0 aliphatic carbocycles. The van der Waals surface area contributed by atoms with Gasteiger partial charge in [0.2, 0.25) is 0 Å². The van der Waals surface area contributed by atoms with Crippen molar-refractivity contribution < 1.29 is 4.79 Å². The van der Waals surface area contributed by atoms with Crippen molar-refractivity contribution in [2.45, 2.75) is 26.7 Å². The van der Waals surface area contributed by atoms with Gasteiger partial charge in [0.05, 0.1) is 23.7 Å². The Hall–Kier alpha value is -1.68. The third-order valence-corrected chi connectivity index (χ3v) is 4.28. The van der Waals surface area contributed by atoms with E-state index in [1.54, 1.807) is 12.5 Å². The lowest BCUT2D eigenvalue weighted by molar-refractivity contribution is 0.0824. The highest BCUT2D eigenvalue weighted by Crippen LogP contribution is 2.23. The first kappa shape index (κ1) is 14.3. The zero-order chi connectivity index (χ0) is 14.8. The van der Waals surface area contributed by atoms with Crippen molar-refractivity contribution >= 4 is 11.3 Å². The second-order valence-electron chi connectivity index (χ2n) is 6.43. The van der Waals surface area contributed by atoms with E-state index in [1.807, 2.05) is 22.6 Å². The Bertz CT molecular complexity index is 624. The van der Waals surface area contributed by atoms with Crippen LogP contribution in [-0.2, 0) is 0 Å². The lowest BCUT2D eigenvalue weighted by Gasteiger charge is -2.32. The summed E-state index contributed by atoms with van der Waals surface area (Å²) in [5.41, 5.74) is 1.76. The van der Waals surface area contributed by atoms with E-state index in [-0.39, 0.29) is 11.7 Å². The Kier molecular flexibility index (Phi) is 4.06. The summed E-state index contributed by atoms with van der Waals surface area (Å²) >= 11 is 0. The van der Waals surface area contributed by atoms with Crippen LogP contribution in [0.4, 0.5) is 0 Å². The minimum atomic E-state index is 0.154. The number of nitrogens with zero attached hydrogens (tertiary/aromatic N) is 3. The van der Waals surface area contributed by atoms with E-state index >= 15 is 0 Å². The fourth-order valence-corrected chi connectivity index (χ4v) is 3.25. The first-order chi connectivity index (χ1) is 10.1. The molecule has 0 aromatic carbocycles. The maximum Gasteiger partial charge on any atom is 0.182 e. The number of hydrogen-bond acceptors (Lipinski definition) is 3. The normalized spacial score (nSPS) is 17.7. The van der Waals surface area contributed by atoms with Crippen molar-refractivity contribution in [2.24, 2.45) is 11.8 Å². The molecule has 0 atom stereocenters. The minimum Gasteiger partial charge on any atom is -0.303 e. The maximum atomic E-state index is 12.8. The lowest BCUT2D eigenvalue weighted by atomic mass is 9.90. The molecular weight excluding hydrogens is 262 g/mol. The molecule has 2 aromatic rings. The highest BCUT2D eigenvalue weighted by Gasteiger charge is 2.27. The highest BCUT2D eigenvalue weighted by molar-refractivity contribution is 5.97. The molecule has 21 heavy (non-hydrogen) atoms. The topological polar surface area (TPSA) is 37.6 Å². The standard InChI is InChI=1S/C17H23N3O/c1-13(2)11-19-8-6-14(7-9-19)17(21)16-5-3-4-15-10-18-12-20(15)16/h3-5,10,12-14H,6-9,11H2,1-2H3. The molecule has 0 unspecified atom stereocenters. The Labute approximate surface area is 125 Å². The molecule has 0 radical (unpaired) electrons. The summed E-state index contributed by atoms with van der Waals surface area (Å²) in [4.78, 5) is 19.4. The number of aromatic nitrogens is 2. The van der Waals surface area contributed by atoms with Gasteiger partial charge in [-0.25, -0.2) is 4.98 Å². The number of rotatable bonds is 4. The van der Waals surface area contributed by atoms with Gasteiger partial charge in [-0.2, -0.15) is 0 Å². The molecule has 1 fully saturated rings. The molecule has 3 heterocycles. The zero-order valence-corrected chi connectivity index (χ0v) is 12.8. The minimum absolute atomic E-state index is 0.154. The van der Waals surface area contributed by atoms with E-state index < -0.39 is 0 Å². The average molecular weight is 285 g/mol. The Balaban J connectivity index is 1.71.